The smallest absolute Gasteiger partial charge is 0.282 e. The molecule has 7 rings (SSSR count). The van der Waals surface area contributed by atoms with E-state index >= 15 is 0 Å². The molecule has 0 bridgehead atoms. The molecule has 0 spiro atoms. The summed E-state index contributed by atoms with van der Waals surface area (Å²) in [4.78, 5) is 31.4. The van der Waals surface area contributed by atoms with Gasteiger partial charge >= 0.3 is 0 Å². The highest BCUT2D eigenvalue weighted by molar-refractivity contribution is 6.00. The number of carbonyl (C=O) groups excluding carboxylic acids is 1. The summed E-state index contributed by atoms with van der Waals surface area (Å²) >= 11 is 0. The zero-order valence-electron chi connectivity index (χ0n) is 22.7. The van der Waals surface area contributed by atoms with Crippen LogP contribution < -0.4 is 10.9 Å². The van der Waals surface area contributed by atoms with E-state index in [-0.39, 0.29) is 18.0 Å². The highest BCUT2D eigenvalue weighted by Crippen LogP contribution is 2.27. The van der Waals surface area contributed by atoms with Crippen molar-refractivity contribution in [2.24, 2.45) is 5.10 Å². The molecular formula is C34H25N5O3. The van der Waals surface area contributed by atoms with Gasteiger partial charge in [-0.3, -0.25) is 9.59 Å². The molecule has 0 radical (unpaired) electrons. The lowest BCUT2D eigenvalue weighted by Crippen LogP contribution is -2.20. The molecule has 0 atom stereocenters. The molecule has 1 N–H and O–H groups in total. The fourth-order valence-corrected chi connectivity index (χ4v) is 5.10. The summed E-state index contributed by atoms with van der Waals surface area (Å²) in [6.07, 6.45) is 3.49. The van der Waals surface area contributed by atoms with Crippen LogP contribution in [0.4, 0.5) is 5.69 Å². The van der Waals surface area contributed by atoms with Crippen molar-refractivity contribution < 1.29 is 9.21 Å². The largest absolute Gasteiger partial charge is 0.453 e. The van der Waals surface area contributed by atoms with Crippen molar-refractivity contribution >= 4 is 50.6 Å². The maximum absolute atomic E-state index is 13.7. The Balaban J connectivity index is 1.29. The van der Waals surface area contributed by atoms with E-state index in [1.54, 1.807) is 24.4 Å². The normalized spacial score (nSPS) is 11.6. The number of nitrogens with one attached hydrogen (secondary N) is 1. The van der Waals surface area contributed by atoms with Crippen LogP contribution >= 0.6 is 0 Å². The molecule has 0 aliphatic carbocycles. The highest BCUT2D eigenvalue weighted by atomic mass is 16.3. The molecule has 8 heteroatoms. The molecule has 42 heavy (non-hydrogen) atoms. The lowest BCUT2D eigenvalue weighted by molar-refractivity contribution is -0.116. The summed E-state index contributed by atoms with van der Waals surface area (Å²) < 4.78 is 9.23. The Hall–Kier alpha value is -5.76. The molecule has 4 aromatic carbocycles. The molecule has 7 aromatic rings. The van der Waals surface area contributed by atoms with Crippen LogP contribution in [0.2, 0.25) is 0 Å². The first-order valence-corrected chi connectivity index (χ1v) is 13.5. The first-order valence-electron chi connectivity index (χ1n) is 13.5. The van der Waals surface area contributed by atoms with Crippen LogP contribution in [0, 0.1) is 6.92 Å². The number of carbonyl (C=O) groups is 1. The first kappa shape index (κ1) is 25.2. The molecule has 0 unspecified atom stereocenters. The van der Waals surface area contributed by atoms with Crippen LogP contribution in [0.5, 0.6) is 0 Å². The number of amides is 1. The highest BCUT2D eigenvalue weighted by Gasteiger charge is 2.17. The zero-order valence-corrected chi connectivity index (χ0v) is 22.7. The van der Waals surface area contributed by atoms with E-state index in [0.29, 0.717) is 28.1 Å². The second kappa shape index (κ2) is 10.3. The maximum Gasteiger partial charge on any atom is 0.282 e. The molecule has 8 nitrogen and oxygen atoms in total. The van der Waals surface area contributed by atoms with Crippen molar-refractivity contribution in [2.75, 3.05) is 5.32 Å². The number of aromatic nitrogens is 3. The average Bonchev–Trinajstić information content (AvgIpc) is 3.59. The molecule has 0 fully saturated rings. The van der Waals surface area contributed by atoms with E-state index in [9.17, 15) is 9.59 Å². The molecule has 0 saturated heterocycles. The summed E-state index contributed by atoms with van der Waals surface area (Å²) in [5, 5.41) is 9.84. The summed E-state index contributed by atoms with van der Waals surface area (Å²) in [6.45, 7) is 2.12. The second-order valence-corrected chi connectivity index (χ2v) is 10.1. The Morgan fingerprint density at radius 1 is 0.929 bits per heavy atom. The van der Waals surface area contributed by atoms with Gasteiger partial charge in [0.1, 0.15) is 12.1 Å². The first-order chi connectivity index (χ1) is 20.5. The molecule has 0 saturated carbocycles. The molecular weight excluding hydrogens is 526 g/mol. The fourth-order valence-electron chi connectivity index (χ4n) is 5.10. The number of anilines is 1. The molecule has 204 valence electrons. The Labute approximate surface area is 240 Å². The number of fused-ring (bicyclic) bond motifs is 3. The number of benzene rings is 4. The molecule has 0 aliphatic heterocycles. The summed E-state index contributed by atoms with van der Waals surface area (Å²) in [7, 11) is 0. The number of nitrogens with zero attached hydrogens (tertiary/aromatic N) is 4. The minimum atomic E-state index is -0.312. The van der Waals surface area contributed by atoms with Gasteiger partial charge in [-0.25, -0.2) is 4.98 Å². The van der Waals surface area contributed by atoms with Crippen molar-refractivity contribution in [3.05, 3.63) is 131 Å². The third-order valence-electron chi connectivity index (χ3n) is 7.18. The summed E-state index contributed by atoms with van der Waals surface area (Å²) in [5.41, 5.74) is 4.43. The van der Waals surface area contributed by atoms with Crippen molar-refractivity contribution in [1.82, 2.24) is 14.2 Å². The Kier molecular flexibility index (Phi) is 6.20. The lowest BCUT2D eigenvalue weighted by Gasteiger charge is -2.07. The third-order valence-corrected chi connectivity index (χ3v) is 7.18. The number of furan rings is 1. The molecule has 3 heterocycles. The molecule has 1 amide bonds. The SMILES string of the molecule is Cc1ccc(NC(=O)Cn2cc(C=Nn3c(-c4cc5ccccc5o4)nc4ccccc4c3=O)c3ccccc32)cc1. The van der Waals surface area contributed by atoms with Crippen molar-refractivity contribution in [3.8, 4) is 11.6 Å². The van der Waals surface area contributed by atoms with E-state index in [1.165, 1.54) is 4.68 Å². The van der Waals surface area contributed by atoms with Crippen molar-refractivity contribution in [3.63, 3.8) is 0 Å². The minimum absolute atomic E-state index is 0.115. The Morgan fingerprint density at radius 3 is 2.50 bits per heavy atom. The average molecular weight is 552 g/mol. The van der Waals surface area contributed by atoms with Gasteiger partial charge in [0.25, 0.3) is 5.56 Å². The van der Waals surface area contributed by atoms with Gasteiger partial charge in [-0.1, -0.05) is 66.2 Å². The van der Waals surface area contributed by atoms with Crippen molar-refractivity contribution in [2.45, 2.75) is 13.5 Å². The quantitative estimate of drug-likeness (QED) is 0.236. The van der Waals surface area contributed by atoms with Crippen LogP contribution in [0.1, 0.15) is 11.1 Å². The number of rotatable bonds is 6. The summed E-state index contributed by atoms with van der Waals surface area (Å²) in [6, 6.07) is 32.1. The van der Waals surface area contributed by atoms with Crippen LogP contribution in [0.25, 0.3) is 44.4 Å². The zero-order chi connectivity index (χ0) is 28.6. The third kappa shape index (κ3) is 4.65. The van der Waals surface area contributed by atoms with Gasteiger partial charge < -0.3 is 14.3 Å². The van der Waals surface area contributed by atoms with E-state index in [0.717, 1.165) is 33.1 Å². The lowest BCUT2D eigenvalue weighted by atomic mass is 10.2. The van der Waals surface area contributed by atoms with Gasteiger partial charge in [0.15, 0.2) is 5.76 Å². The van der Waals surface area contributed by atoms with Gasteiger partial charge in [0.05, 0.1) is 17.1 Å². The second-order valence-electron chi connectivity index (χ2n) is 10.1. The van der Waals surface area contributed by atoms with Gasteiger partial charge in [-0.2, -0.15) is 9.78 Å². The predicted molar refractivity (Wildman–Crippen MR) is 166 cm³/mol. The van der Waals surface area contributed by atoms with E-state index < -0.39 is 0 Å². The van der Waals surface area contributed by atoms with Gasteiger partial charge in [-0.15, -0.1) is 0 Å². The van der Waals surface area contributed by atoms with E-state index in [2.05, 4.69) is 10.4 Å². The fraction of sp³-hybridized carbons (Fsp3) is 0.0588. The van der Waals surface area contributed by atoms with Gasteiger partial charge in [0.2, 0.25) is 11.7 Å². The van der Waals surface area contributed by atoms with Crippen LogP contribution in [-0.4, -0.2) is 26.3 Å². The van der Waals surface area contributed by atoms with Gasteiger partial charge in [0, 0.05) is 33.7 Å². The number of hydrogen-bond acceptors (Lipinski definition) is 5. The number of aryl methyl sites for hydroxylation is 1. The van der Waals surface area contributed by atoms with Crippen molar-refractivity contribution in [1.29, 1.82) is 0 Å². The maximum atomic E-state index is 13.7. The topological polar surface area (TPSA) is 94.4 Å². The van der Waals surface area contributed by atoms with Crippen LogP contribution in [0.3, 0.4) is 0 Å². The molecule has 0 aliphatic rings. The number of hydrogen-bond donors (Lipinski definition) is 1. The van der Waals surface area contributed by atoms with E-state index in [1.807, 2.05) is 103 Å². The summed E-state index contributed by atoms with van der Waals surface area (Å²) in [5.74, 6) is 0.587. The standard InChI is InChI=1S/C34H25N5O3/c1-22-14-16-25(17-15-22)36-32(40)21-38-20-24(26-9-4-6-12-29(26)38)19-35-39-33(31-18-23-8-2-7-13-30(23)42-31)37-28-11-5-3-10-27(28)34(39)41/h2-20H,21H2,1H3,(H,36,40). The Bertz CT molecular complexity index is 2170. The molecule has 3 aromatic heterocycles. The van der Waals surface area contributed by atoms with E-state index in [4.69, 9.17) is 9.40 Å². The number of para-hydroxylation sites is 3. The van der Waals surface area contributed by atoms with Crippen LogP contribution in [0.15, 0.2) is 124 Å². The Morgan fingerprint density at radius 2 is 1.67 bits per heavy atom. The predicted octanol–water partition coefficient (Wildman–Crippen LogP) is 6.59. The van der Waals surface area contributed by atoms with Crippen LogP contribution in [-0.2, 0) is 11.3 Å². The minimum Gasteiger partial charge on any atom is -0.453 e. The monoisotopic (exact) mass is 551 g/mol. The van der Waals surface area contributed by atoms with Gasteiger partial charge in [-0.05, 0) is 49.4 Å².